The Morgan fingerprint density at radius 3 is 3.20 bits per heavy atom. The first kappa shape index (κ1) is 10.1. The second-order valence-electron chi connectivity index (χ2n) is 3.20. The second kappa shape index (κ2) is 4.37. The quantitative estimate of drug-likeness (QED) is 0.382. The van der Waals surface area contributed by atoms with Crippen LogP contribution in [0.5, 0.6) is 0 Å². The lowest BCUT2D eigenvalue weighted by molar-refractivity contribution is -0.590. The minimum Gasteiger partial charge on any atom is -0.435 e. The molecule has 2 rings (SSSR count). The number of pyridine rings is 1. The van der Waals surface area contributed by atoms with Crippen LogP contribution in [0.15, 0.2) is 24.5 Å². The normalized spacial score (nSPS) is 15.9. The van der Waals surface area contributed by atoms with Crippen molar-refractivity contribution in [2.75, 3.05) is 0 Å². The Labute approximate surface area is 91.8 Å². The number of carbonyl (C=O) groups excluding carboxylic acids is 1. The molecule has 0 fully saturated rings. The third-order valence-electron chi connectivity index (χ3n) is 1.98. The summed E-state index contributed by atoms with van der Waals surface area (Å²) in [5.74, 6) is -0.300. The van der Waals surface area contributed by atoms with Gasteiger partial charge in [-0.1, -0.05) is 17.8 Å². The van der Waals surface area contributed by atoms with Crippen LogP contribution in [0.2, 0.25) is 0 Å². The molecule has 0 atom stereocenters. The molecule has 0 unspecified atom stereocenters. The predicted octanol–water partition coefficient (Wildman–Crippen LogP) is -1.21. The minimum atomic E-state index is -0.300. The summed E-state index contributed by atoms with van der Waals surface area (Å²) in [5.41, 5.74) is 6.19. The van der Waals surface area contributed by atoms with E-state index in [0.717, 1.165) is 17.0 Å². The molecule has 4 nitrogen and oxygen atoms in total. The fraction of sp³-hybridized carbons (Fsp3) is 0.100. The van der Waals surface area contributed by atoms with Gasteiger partial charge in [0.05, 0.1) is 5.37 Å². The summed E-state index contributed by atoms with van der Waals surface area (Å²) in [6, 6.07) is 4.85. The van der Waals surface area contributed by atoms with Crippen molar-refractivity contribution in [1.82, 2.24) is 4.98 Å². The lowest BCUT2D eigenvalue weighted by Gasteiger charge is -2.15. The van der Waals surface area contributed by atoms with Crippen molar-refractivity contribution in [2.45, 2.75) is 6.42 Å². The van der Waals surface area contributed by atoms with E-state index in [1.807, 2.05) is 22.8 Å². The summed E-state index contributed by atoms with van der Waals surface area (Å²) in [4.78, 5) is 14.8. The molecule has 1 aromatic rings. The third-order valence-corrected chi connectivity index (χ3v) is 3.01. The molecule has 0 spiro atoms. The molecule has 4 N–H and O–H groups in total. The predicted molar refractivity (Wildman–Crippen MR) is 59.0 cm³/mol. The van der Waals surface area contributed by atoms with Crippen molar-refractivity contribution in [1.29, 1.82) is 0 Å². The summed E-state index contributed by atoms with van der Waals surface area (Å²) < 4.78 is 0. The van der Waals surface area contributed by atoms with E-state index in [2.05, 4.69) is 4.98 Å². The second-order valence-corrected chi connectivity index (χ2v) is 4.12. The van der Waals surface area contributed by atoms with Gasteiger partial charge in [0.1, 0.15) is 0 Å². The first-order valence-electron chi connectivity index (χ1n) is 4.52. The molecule has 0 aliphatic carbocycles. The molecule has 0 saturated carbocycles. The van der Waals surface area contributed by atoms with Crippen LogP contribution in [0.25, 0.3) is 0 Å². The molecule has 0 bridgehead atoms. The van der Waals surface area contributed by atoms with E-state index in [-0.39, 0.29) is 5.91 Å². The van der Waals surface area contributed by atoms with Gasteiger partial charge < -0.3 is 16.0 Å². The van der Waals surface area contributed by atoms with E-state index in [1.54, 1.807) is 23.7 Å². The summed E-state index contributed by atoms with van der Waals surface area (Å²) in [5, 5.41) is 5.04. The number of nitrogens with two attached hydrogens (primary N) is 2. The van der Waals surface area contributed by atoms with Crippen LogP contribution >= 0.6 is 0 Å². The highest BCUT2D eigenvalue weighted by Crippen LogP contribution is 2.10. The smallest absolute Gasteiger partial charge is 0.260 e. The summed E-state index contributed by atoms with van der Waals surface area (Å²) >= 11 is 1.60. The summed E-state index contributed by atoms with van der Waals surface area (Å²) in [6.07, 6.45) is 3.85. The van der Waals surface area contributed by atoms with Gasteiger partial charge in [0.15, 0.2) is 17.3 Å². The van der Waals surface area contributed by atoms with Crippen LogP contribution < -0.4 is 11.1 Å². The first-order valence-corrected chi connectivity index (χ1v) is 5.40. The van der Waals surface area contributed by atoms with Crippen molar-refractivity contribution >= 4 is 22.6 Å². The Morgan fingerprint density at radius 2 is 2.53 bits per heavy atom. The van der Waals surface area contributed by atoms with Gasteiger partial charge in [-0.15, -0.1) is 6.07 Å². The van der Waals surface area contributed by atoms with Crippen LogP contribution in [0, 0.1) is 11.4 Å². The maximum absolute atomic E-state index is 10.7. The Balaban J connectivity index is 2.00. The number of hydrogen-bond donors (Lipinski definition) is 2. The van der Waals surface area contributed by atoms with Crippen molar-refractivity contribution < 1.29 is 10.1 Å². The van der Waals surface area contributed by atoms with Gasteiger partial charge in [0.25, 0.3) is 5.37 Å². The van der Waals surface area contributed by atoms with Crippen molar-refractivity contribution in [2.24, 2.45) is 5.73 Å². The van der Waals surface area contributed by atoms with Gasteiger partial charge in [0, 0.05) is 0 Å². The lowest BCUT2D eigenvalue weighted by atomic mass is 10.2. The minimum absolute atomic E-state index is 0.300. The van der Waals surface area contributed by atoms with E-state index in [4.69, 9.17) is 5.73 Å². The van der Waals surface area contributed by atoms with E-state index in [0.29, 0.717) is 6.42 Å². The number of hydrogen-bond acceptors (Lipinski definition) is 2. The topological polar surface area (TPSA) is 72.6 Å². The van der Waals surface area contributed by atoms with Gasteiger partial charge >= 0.3 is 0 Å². The maximum atomic E-state index is 10.7. The average molecular weight is 221 g/mol. The van der Waals surface area contributed by atoms with Crippen LogP contribution in [-0.2, 0) is 16.1 Å². The first-order chi connectivity index (χ1) is 7.25. The van der Waals surface area contributed by atoms with Gasteiger partial charge in [-0.3, -0.25) is 4.79 Å². The molecule has 78 valence electrons. The number of rotatable bonds is 3. The highest BCUT2D eigenvalue weighted by Gasteiger charge is 2.24. The zero-order valence-corrected chi connectivity index (χ0v) is 8.83. The Morgan fingerprint density at radius 1 is 1.67 bits per heavy atom. The molecular formula is C10H11N3OS. The molecule has 1 aliphatic heterocycles. The molecular weight excluding hydrogens is 210 g/mol. The Kier molecular flexibility index (Phi) is 2.94. The molecule has 1 aromatic heterocycles. The van der Waals surface area contributed by atoms with Crippen LogP contribution in [0.3, 0.4) is 0 Å². The highest BCUT2D eigenvalue weighted by atomic mass is 32.1. The molecule has 1 amide bonds. The lowest BCUT2D eigenvalue weighted by Crippen LogP contribution is -2.85. The number of amides is 1. The third kappa shape index (κ3) is 2.51. The van der Waals surface area contributed by atoms with Crippen LogP contribution in [0.1, 0.15) is 12.0 Å². The maximum Gasteiger partial charge on any atom is 0.260 e. The van der Waals surface area contributed by atoms with Gasteiger partial charge in [-0.05, 0) is 18.7 Å². The van der Waals surface area contributed by atoms with Crippen molar-refractivity contribution in [3.63, 3.8) is 0 Å². The molecule has 0 saturated heterocycles. The monoisotopic (exact) mass is 221 g/mol. The number of quaternary nitrogens is 1. The Hall–Kier alpha value is -1.46. The van der Waals surface area contributed by atoms with Gasteiger partial charge in [0.2, 0.25) is 0 Å². The van der Waals surface area contributed by atoms with E-state index >= 15 is 0 Å². The SMILES string of the molecule is NC(=O)C[C-]1C=[S+][C-](c2cccnc2)[NH2+]1. The van der Waals surface area contributed by atoms with E-state index in [1.165, 1.54) is 0 Å². The fourth-order valence-electron chi connectivity index (χ4n) is 1.33. The van der Waals surface area contributed by atoms with Crippen LogP contribution in [0.4, 0.5) is 0 Å². The number of nitrogens with zero attached hydrogens (tertiary/aromatic N) is 1. The van der Waals surface area contributed by atoms with E-state index < -0.39 is 0 Å². The highest BCUT2D eigenvalue weighted by molar-refractivity contribution is 7.80. The zero-order valence-electron chi connectivity index (χ0n) is 8.01. The summed E-state index contributed by atoms with van der Waals surface area (Å²) in [7, 11) is 0. The number of aromatic nitrogens is 1. The van der Waals surface area contributed by atoms with Crippen molar-refractivity contribution in [3.05, 3.63) is 41.5 Å². The van der Waals surface area contributed by atoms with Gasteiger partial charge in [-0.25, -0.2) is 0 Å². The van der Waals surface area contributed by atoms with E-state index in [9.17, 15) is 4.79 Å². The number of primary amides is 1. The summed E-state index contributed by atoms with van der Waals surface area (Å²) in [6.45, 7) is 0. The standard InChI is InChI=1S/C10H11N3OS/c11-9(14)4-8-6-15-10(13-8)7-2-1-3-12-5-7/h1-3,5-6H,4,13H2,(H2,11,14). The number of carbonyl (C=O) groups is 1. The average Bonchev–Trinajstić information content (AvgIpc) is 2.67. The Bertz CT molecular complexity index is 380. The zero-order chi connectivity index (χ0) is 10.7. The fourth-order valence-corrected chi connectivity index (χ4v) is 2.24. The molecule has 5 heteroatoms. The van der Waals surface area contributed by atoms with Crippen LogP contribution in [-0.4, -0.2) is 16.3 Å². The van der Waals surface area contributed by atoms with Crippen molar-refractivity contribution in [3.8, 4) is 0 Å². The largest absolute Gasteiger partial charge is 0.435 e. The molecule has 0 radical (unpaired) electrons. The van der Waals surface area contributed by atoms with Gasteiger partial charge in [-0.2, -0.15) is 0 Å². The molecule has 0 aromatic carbocycles. The molecule has 2 heterocycles. The molecule has 1 aliphatic rings. The molecule has 15 heavy (non-hydrogen) atoms.